The molecule has 2 saturated heterocycles. The van der Waals surface area contributed by atoms with Crippen LogP contribution in [0, 0.1) is 17.1 Å². The molecular weight excluding hydrogens is 547 g/mol. The van der Waals surface area contributed by atoms with Crippen LogP contribution < -0.4 is 10.5 Å². The summed E-state index contributed by atoms with van der Waals surface area (Å²) in [6, 6.07) is 15.6. The van der Waals surface area contributed by atoms with Gasteiger partial charge in [-0.3, -0.25) is 9.69 Å². The molecule has 1 atom stereocenters. The lowest BCUT2D eigenvalue weighted by Gasteiger charge is -2.43. The normalized spacial score (nSPS) is 17.9. The number of carbonyl (C=O) groups is 1. The van der Waals surface area contributed by atoms with Gasteiger partial charge in [-0.15, -0.1) is 0 Å². The van der Waals surface area contributed by atoms with Gasteiger partial charge in [-0.2, -0.15) is 10.4 Å². The quantitative estimate of drug-likeness (QED) is 0.236. The van der Waals surface area contributed by atoms with E-state index in [-0.39, 0.29) is 34.4 Å². The Morgan fingerprint density at radius 2 is 1.91 bits per heavy atom. The molecule has 10 nitrogen and oxygen atoms in total. The summed E-state index contributed by atoms with van der Waals surface area (Å²) in [5.41, 5.74) is 7.04. The first-order valence-electron chi connectivity index (χ1n) is 14.4. The number of para-hydroxylation sites is 1. The molecule has 2 aliphatic rings. The van der Waals surface area contributed by atoms with Crippen molar-refractivity contribution in [1.82, 2.24) is 29.5 Å². The van der Waals surface area contributed by atoms with Crippen molar-refractivity contribution in [3.05, 3.63) is 72.3 Å². The third-order valence-corrected chi connectivity index (χ3v) is 8.24. The minimum absolute atomic E-state index is 0.134. The van der Waals surface area contributed by atoms with Crippen LogP contribution in [0.15, 0.2) is 66.5 Å². The van der Waals surface area contributed by atoms with Gasteiger partial charge >= 0.3 is 0 Å². The number of nitrogens with two attached hydrogens (primary N) is 1. The summed E-state index contributed by atoms with van der Waals surface area (Å²) in [6.45, 7) is 6.80. The number of nitriles is 1. The number of benzene rings is 2. The van der Waals surface area contributed by atoms with E-state index in [1.807, 2.05) is 32.0 Å². The molecule has 11 heteroatoms. The Labute approximate surface area is 249 Å². The Morgan fingerprint density at radius 1 is 1.12 bits per heavy atom. The number of carbonyl (C=O) groups excluding carboxylic acids is 1. The molecule has 0 unspecified atom stereocenters. The fourth-order valence-corrected chi connectivity index (χ4v) is 5.80. The maximum atomic E-state index is 15.6. The number of piperidine rings is 1. The SMILES string of the molecule is CC(C)(/C=C(\C#N)C(=O)N1CCC[C@H](n2nc(-c3ccc(Oc4ccccc4)cc3F)c3c(N)ncnc32)C1)N1CCC1. The molecule has 43 heavy (non-hydrogen) atoms. The monoisotopic (exact) mass is 580 g/mol. The van der Waals surface area contributed by atoms with Gasteiger partial charge in [0.1, 0.15) is 46.8 Å². The second-order valence-corrected chi connectivity index (χ2v) is 11.5. The number of nitrogen functional groups attached to an aromatic ring is 1. The van der Waals surface area contributed by atoms with Gasteiger partial charge in [-0.25, -0.2) is 19.0 Å². The molecule has 2 N–H and O–H groups in total. The zero-order valence-electron chi connectivity index (χ0n) is 24.2. The van der Waals surface area contributed by atoms with Gasteiger partial charge in [0.25, 0.3) is 5.91 Å². The first-order chi connectivity index (χ1) is 20.7. The number of halogens is 1. The number of hydrogen-bond donors (Lipinski definition) is 1. The number of amides is 1. The maximum Gasteiger partial charge on any atom is 0.264 e. The summed E-state index contributed by atoms with van der Waals surface area (Å²) in [7, 11) is 0. The lowest BCUT2D eigenvalue weighted by molar-refractivity contribution is -0.128. The minimum Gasteiger partial charge on any atom is -0.457 e. The number of likely N-dealkylation sites (tertiary alicyclic amines) is 2. The van der Waals surface area contributed by atoms with Crippen molar-refractivity contribution < 1.29 is 13.9 Å². The molecule has 0 bridgehead atoms. The third kappa shape index (κ3) is 5.53. The van der Waals surface area contributed by atoms with Gasteiger partial charge in [0.05, 0.1) is 11.4 Å². The first kappa shape index (κ1) is 28.3. The van der Waals surface area contributed by atoms with E-state index in [9.17, 15) is 10.1 Å². The van der Waals surface area contributed by atoms with Crippen LogP contribution in [0.1, 0.15) is 39.2 Å². The van der Waals surface area contributed by atoms with Crippen LogP contribution in [0.2, 0.25) is 0 Å². The highest BCUT2D eigenvalue weighted by Crippen LogP contribution is 2.36. The Bertz CT molecular complexity index is 1740. The highest BCUT2D eigenvalue weighted by Gasteiger charge is 2.34. The van der Waals surface area contributed by atoms with E-state index in [0.29, 0.717) is 47.7 Å². The lowest BCUT2D eigenvalue weighted by atomic mass is 9.94. The van der Waals surface area contributed by atoms with Crippen molar-refractivity contribution in [3.8, 4) is 28.8 Å². The summed E-state index contributed by atoms with van der Waals surface area (Å²) in [5, 5.41) is 15.1. The molecule has 2 aliphatic heterocycles. The number of hydrogen-bond acceptors (Lipinski definition) is 8. The van der Waals surface area contributed by atoms with Crippen molar-refractivity contribution in [2.45, 2.75) is 44.7 Å². The molecule has 6 rings (SSSR count). The Hall–Kier alpha value is -4.82. The molecule has 0 aliphatic carbocycles. The smallest absolute Gasteiger partial charge is 0.264 e. The van der Waals surface area contributed by atoms with Gasteiger partial charge < -0.3 is 15.4 Å². The number of fused-ring (bicyclic) bond motifs is 1. The van der Waals surface area contributed by atoms with E-state index >= 15 is 4.39 Å². The molecule has 0 saturated carbocycles. The number of aromatic nitrogens is 4. The summed E-state index contributed by atoms with van der Waals surface area (Å²) < 4.78 is 23.1. The molecule has 2 aromatic heterocycles. The van der Waals surface area contributed by atoms with Gasteiger partial charge in [0.2, 0.25) is 0 Å². The van der Waals surface area contributed by atoms with Crippen LogP contribution in [-0.4, -0.2) is 67.2 Å². The Balaban J connectivity index is 1.30. The highest BCUT2D eigenvalue weighted by molar-refractivity contribution is 5.99. The average molecular weight is 581 g/mol. The van der Waals surface area contributed by atoms with Crippen LogP contribution in [0.5, 0.6) is 11.5 Å². The zero-order chi connectivity index (χ0) is 30.1. The molecule has 4 aromatic rings. The summed E-state index contributed by atoms with van der Waals surface area (Å²) in [5.74, 6) is 0.295. The van der Waals surface area contributed by atoms with Crippen LogP contribution in [0.3, 0.4) is 0 Å². The largest absolute Gasteiger partial charge is 0.457 e. The summed E-state index contributed by atoms with van der Waals surface area (Å²) >= 11 is 0. The molecule has 220 valence electrons. The van der Waals surface area contributed by atoms with Crippen molar-refractivity contribution in [3.63, 3.8) is 0 Å². The summed E-state index contributed by atoms with van der Waals surface area (Å²) in [6.07, 6.45) is 5.68. The van der Waals surface area contributed by atoms with Crippen LogP contribution in [0.25, 0.3) is 22.3 Å². The van der Waals surface area contributed by atoms with Gasteiger partial charge in [-0.05, 0) is 63.5 Å². The fraction of sp³-hybridized carbons (Fsp3) is 0.344. The maximum absolute atomic E-state index is 15.6. The Morgan fingerprint density at radius 3 is 2.60 bits per heavy atom. The van der Waals surface area contributed by atoms with E-state index in [1.54, 1.807) is 39.9 Å². The molecule has 4 heterocycles. The third-order valence-electron chi connectivity index (χ3n) is 8.24. The van der Waals surface area contributed by atoms with Crippen LogP contribution in [-0.2, 0) is 4.79 Å². The van der Waals surface area contributed by atoms with Crippen LogP contribution in [0.4, 0.5) is 10.2 Å². The zero-order valence-corrected chi connectivity index (χ0v) is 24.2. The second-order valence-electron chi connectivity index (χ2n) is 11.5. The van der Waals surface area contributed by atoms with E-state index in [4.69, 9.17) is 15.6 Å². The topological polar surface area (TPSA) is 126 Å². The molecule has 1 amide bonds. The molecule has 2 fully saturated rings. The number of nitrogens with zero attached hydrogens (tertiary/aromatic N) is 7. The second kappa shape index (κ2) is 11.5. The van der Waals surface area contributed by atoms with E-state index in [2.05, 4.69) is 20.9 Å². The Kier molecular flexibility index (Phi) is 7.54. The van der Waals surface area contributed by atoms with Crippen molar-refractivity contribution in [2.75, 3.05) is 31.9 Å². The summed E-state index contributed by atoms with van der Waals surface area (Å²) in [4.78, 5) is 26.1. The van der Waals surface area contributed by atoms with E-state index in [1.165, 1.54) is 12.4 Å². The van der Waals surface area contributed by atoms with Gasteiger partial charge in [0, 0.05) is 43.3 Å². The first-order valence-corrected chi connectivity index (χ1v) is 14.4. The lowest BCUT2D eigenvalue weighted by Crippen LogP contribution is -2.51. The number of rotatable bonds is 7. The molecule has 0 spiro atoms. The minimum atomic E-state index is -0.530. The molecule has 2 aromatic carbocycles. The van der Waals surface area contributed by atoms with Gasteiger partial charge in [-0.1, -0.05) is 18.2 Å². The van der Waals surface area contributed by atoms with Crippen molar-refractivity contribution >= 4 is 22.8 Å². The van der Waals surface area contributed by atoms with Gasteiger partial charge in [0.15, 0.2) is 5.65 Å². The average Bonchev–Trinajstić information content (AvgIpc) is 3.36. The van der Waals surface area contributed by atoms with E-state index in [0.717, 1.165) is 25.9 Å². The van der Waals surface area contributed by atoms with Crippen molar-refractivity contribution in [1.29, 1.82) is 5.26 Å². The van der Waals surface area contributed by atoms with Crippen LogP contribution >= 0.6 is 0 Å². The number of ether oxygens (including phenoxy) is 1. The standard InChI is InChI=1S/C32H33FN8O2/c1-32(2,40-14-7-15-40)17-21(18-34)31(42)39-13-6-8-22(19-39)41-30-27(29(35)36-20-37-30)28(38-41)25-12-11-24(16-26(25)33)43-23-9-4-3-5-10-23/h3-5,9-12,16-17,20,22H,6-8,13-15,19H2,1-2H3,(H2,35,36,37)/b21-17+/t22-/m0/s1. The predicted molar refractivity (Wildman–Crippen MR) is 160 cm³/mol. The number of anilines is 1. The van der Waals surface area contributed by atoms with Crippen molar-refractivity contribution in [2.24, 2.45) is 0 Å². The molecule has 0 radical (unpaired) electrons. The van der Waals surface area contributed by atoms with E-state index < -0.39 is 5.82 Å². The molecular formula is C32H33FN8O2. The highest BCUT2D eigenvalue weighted by atomic mass is 19.1. The predicted octanol–water partition coefficient (Wildman–Crippen LogP) is 5.10. The fourth-order valence-electron chi connectivity index (χ4n) is 5.80.